The molecule has 1 aromatic heterocycles. The van der Waals surface area contributed by atoms with Crippen molar-refractivity contribution in [2.45, 2.75) is 6.92 Å². The van der Waals surface area contributed by atoms with Crippen LogP contribution in [0.15, 0.2) is 89.2 Å². The van der Waals surface area contributed by atoms with Gasteiger partial charge in [0, 0.05) is 54.0 Å². The highest BCUT2D eigenvalue weighted by molar-refractivity contribution is 6.05. The highest BCUT2D eigenvalue weighted by Gasteiger charge is 2.09. The molecule has 3 aromatic carbocycles. The average Bonchev–Trinajstić information content (AvgIpc) is 2.88. The molecule has 6 N–H and O–H groups in total. The molecule has 9 nitrogen and oxygen atoms in total. The van der Waals surface area contributed by atoms with Gasteiger partial charge >= 0.3 is 0 Å². The van der Waals surface area contributed by atoms with Gasteiger partial charge < -0.3 is 27.0 Å². The van der Waals surface area contributed by atoms with E-state index in [1.807, 2.05) is 56.6 Å². The van der Waals surface area contributed by atoms with E-state index in [2.05, 4.69) is 36.8 Å². The zero-order chi connectivity index (χ0) is 25.7. The second-order valence-electron chi connectivity index (χ2n) is 8.40. The van der Waals surface area contributed by atoms with Crippen molar-refractivity contribution >= 4 is 76.0 Å². The van der Waals surface area contributed by atoms with Crippen LogP contribution in [-0.2, 0) is 0 Å². The predicted octanol–water partition coefficient (Wildman–Crippen LogP) is 5.14. The molecule has 0 atom stereocenters. The van der Waals surface area contributed by atoms with Gasteiger partial charge in [-0.05, 0) is 73.2 Å². The van der Waals surface area contributed by atoms with E-state index in [0.29, 0.717) is 17.0 Å². The standard InChI is InChI=1S/C27H28N8O.2ClH/c1-17(33-34-27(28)29)18-4-8-21(9-5-18)32-26(36)19-6-10-20(11-7-19)31-25-14-15-30-24-13-12-22(35(2)3)16-23(24)25;;/h4-16H,1-3H3,(H,30,31)(H,32,36)(H4,28,29,34);2*1H. The first-order valence-corrected chi connectivity index (χ1v) is 11.3. The van der Waals surface area contributed by atoms with Crippen LogP contribution in [0.5, 0.6) is 0 Å². The minimum absolute atomic E-state index is 0. The highest BCUT2D eigenvalue weighted by atomic mass is 35.5. The maximum Gasteiger partial charge on any atom is 0.255 e. The maximum atomic E-state index is 12.7. The first-order valence-electron chi connectivity index (χ1n) is 11.3. The van der Waals surface area contributed by atoms with Gasteiger partial charge in [0.2, 0.25) is 5.96 Å². The van der Waals surface area contributed by atoms with Gasteiger partial charge in [0.1, 0.15) is 0 Å². The summed E-state index contributed by atoms with van der Waals surface area (Å²) in [6, 6.07) is 22.7. The number of hydrogen-bond acceptors (Lipinski definition) is 6. The molecule has 0 fully saturated rings. The number of anilines is 4. The van der Waals surface area contributed by atoms with Crippen molar-refractivity contribution in [2.24, 2.45) is 21.7 Å². The summed E-state index contributed by atoms with van der Waals surface area (Å²) in [5.41, 5.74) is 17.1. The number of nitrogens with two attached hydrogens (primary N) is 2. The van der Waals surface area contributed by atoms with Gasteiger partial charge in [-0.15, -0.1) is 29.9 Å². The minimum Gasteiger partial charge on any atom is -0.378 e. The summed E-state index contributed by atoms with van der Waals surface area (Å²) in [6.45, 7) is 1.80. The summed E-state index contributed by atoms with van der Waals surface area (Å²) in [4.78, 5) is 19.3. The molecule has 1 heterocycles. The number of hydrogen-bond donors (Lipinski definition) is 4. The Kier molecular flexibility index (Phi) is 10.4. The molecule has 0 saturated carbocycles. The predicted molar refractivity (Wildman–Crippen MR) is 163 cm³/mol. The topological polar surface area (TPSA) is 134 Å². The third-order valence-corrected chi connectivity index (χ3v) is 5.54. The normalized spacial score (nSPS) is 10.6. The summed E-state index contributed by atoms with van der Waals surface area (Å²) < 4.78 is 0. The third-order valence-electron chi connectivity index (χ3n) is 5.54. The molecule has 0 saturated heterocycles. The largest absolute Gasteiger partial charge is 0.378 e. The van der Waals surface area contributed by atoms with Crippen LogP contribution in [0, 0.1) is 0 Å². The van der Waals surface area contributed by atoms with Crippen LogP contribution in [0.25, 0.3) is 10.9 Å². The molecule has 4 aromatic rings. The third kappa shape index (κ3) is 7.34. The zero-order valence-corrected chi connectivity index (χ0v) is 22.8. The van der Waals surface area contributed by atoms with Crippen LogP contribution in [-0.4, -0.2) is 36.7 Å². The molecule has 4 rings (SSSR count). The molecule has 0 spiro atoms. The Morgan fingerprint density at radius 1 is 0.842 bits per heavy atom. The van der Waals surface area contributed by atoms with E-state index >= 15 is 0 Å². The molecule has 0 aliphatic heterocycles. The fraction of sp³-hybridized carbons (Fsp3) is 0.111. The quantitative estimate of drug-likeness (QED) is 0.142. The van der Waals surface area contributed by atoms with Crippen LogP contribution in [0.3, 0.4) is 0 Å². The number of guanidine groups is 1. The molecular weight excluding hydrogens is 523 g/mol. The second-order valence-corrected chi connectivity index (χ2v) is 8.40. The van der Waals surface area contributed by atoms with E-state index in [-0.39, 0.29) is 36.7 Å². The van der Waals surface area contributed by atoms with Gasteiger partial charge in [0.05, 0.1) is 11.2 Å². The van der Waals surface area contributed by atoms with Crippen molar-refractivity contribution in [3.63, 3.8) is 0 Å². The summed E-state index contributed by atoms with van der Waals surface area (Å²) in [7, 11) is 4.01. The van der Waals surface area contributed by atoms with Gasteiger partial charge in [-0.1, -0.05) is 12.1 Å². The molecular formula is C27H30Cl2N8O. The van der Waals surface area contributed by atoms with Gasteiger partial charge in [-0.3, -0.25) is 9.78 Å². The Bertz CT molecular complexity index is 1450. The zero-order valence-electron chi connectivity index (χ0n) is 21.2. The number of aromatic nitrogens is 1. The fourth-order valence-electron chi connectivity index (χ4n) is 3.57. The van der Waals surface area contributed by atoms with Crippen LogP contribution in [0.2, 0.25) is 0 Å². The number of carbonyl (C=O) groups is 1. The molecule has 0 aliphatic carbocycles. The first-order chi connectivity index (χ1) is 17.3. The highest BCUT2D eigenvalue weighted by Crippen LogP contribution is 2.28. The monoisotopic (exact) mass is 552 g/mol. The van der Waals surface area contributed by atoms with Gasteiger partial charge in [-0.25, -0.2) is 0 Å². The van der Waals surface area contributed by atoms with Crippen molar-refractivity contribution < 1.29 is 4.79 Å². The summed E-state index contributed by atoms with van der Waals surface area (Å²) >= 11 is 0. The maximum absolute atomic E-state index is 12.7. The molecule has 38 heavy (non-hydrogen) atoms. The number of nitrogens with one attached hydrogen (secondary N) is 2. The molecule has 11 heteroatoms. The molecule has 0 radical (unpaired) electrons. The number of benzene rings is 3. The van der Waals surface area contributed by atoms with Crippen LogP contribution < -0.4 is 27.0 Å². The number of pyridine rings is 1. The fourth-order valence-corrected chi connectivity index (χ4v) is 3.57. The average molecular weight is 553 g/mol. The smallest absolute Gasteiger partial charge is 0.255 e. The number of amides is 1. The lowest BCUT2D eigenvalue weighted by Gasteiger charge is -2.15. The molecule has 0 unspecified atom stereocenters. The van der Waals surface area contributed by atoms with Crippen molar-refractivity contribution in [1.29, 1.82) is 0 Å². The van der Waals surface area contributed by atoms with Crippen LogP contribution >= 0.6 is 24.8 Å². The van der Waals surface area contributed by atoms with Gasteiger partial charge in [0.25, 0.3) is 5.91 Å². The number of fused-ring (bicyclic) bond motifs is 1. The van der Waals surface area contributed by atoms with Crippen molar-refractivity contribution in [3.05, 3.63) is 90.1 Å². The summed E-state index contributed by atoms with van der Waals surface area (Å²) in [5, 5.41) is 15.0. The number of nitrogens with zero attached hydrogens (tertiary/aromatic N) is 4. The van der Waals surface area contributed by atoms with E-state index in [1.54, 1.807) is 37.4 Å². The summed E-state index contributed by atoms with van der Waals surface area (Å²) in [6.07, 6.45) is 1.78. The Morgan fingerprint density at radius 2 is 1.47 bits per heavy atom. The lowest BCUT2D eigenvalue weighted by molar-refractivity contribution is 0.102. The van der Waals surface area contributed by atoms with E-state index < -0.39 is 0 Å². The van der Waals surface area contributed by atoms with Crippen molar-refractivity contribution in [3.8, 4) is 0 Å². The second kappa shape index (κ2) is 13.3. The van der Waals surface area contributed by atoms with E-state index in [1.165, 1.54) is 0 Å². The van der Waals surface area contributed by atoms with Crippen LogP contribution in [0.1, 0.15) is 22.8 Å². The van der Waals surface area contributed by atoms with E-state index in [4.69, 9.17) is 11.5 Å². The lowest BCUT2D eigenvalue weighted by Crippen LogP contribution is -2.22. The number of carbonyl (C=O) groups excluding carboxylic acids is 1. The SMILES string of the molecule is CC(=NN=C(N)N)c1ccc(NC(=O)c2ccc(Nc3ccnc4ccc(N(C)C)cc34)cc2)cc1.Cl.Cl. The molecule has 1 amide bonds. The molecule has 0 aliphatic rings. The number of halogens is 2. The summed E-state index contributed by atoms with van der Waals surface area (Å²) in [5.74, 6) is -0.308. The lowest BCUT2D eigenvalue weighted by atomic mass is 10.1. The first kappa shape index (κ1) is 29.9. The Balaban J connectivity index is 0.00000253. The Morgan fingerprint density at radius 3 is 2.11 bits per heavy atom. The Hall–Kier alpha value is -4.34. The molecule has 198 valence electrons. The molecule has 0 bridgehead atoms. The van der Waals surface area contributed by atoms with Gasteiger partial charge in [0.15, 0.2) is 0 Å². The van der Waals surface area contributed by atoms with Crippen LogP contribution in [0.4, 0.5) is 22.7 Å². The van der Waals surface area contributed by atoms with E-state index in [0.717, 1.165) is 33.5 Å². The van der Waals surface area contributed by atoms with Gasteiger partial charge in [-0.2, -0.15) is 5.10 Å². The minimum atomic E-state index is -0.204. The van der Waals surface area contributed by atoms with Crippen molar-refractivity contribution in [1.82, 2.24) is 4.98 Å². The van der Waals surface area contributed by atoms with Crippen molar-refractivity contribution in [2.75, 3.05) is 29.6 Å². The Labute approximate surface area is 233 Å². The number of rotatable bonds is 7. The van der Waals surface area contributed by atoms with E-state index in [9.17, 15) is 4.79 Å².